The number of H-pyrrole nitrogens is 2. The van der Waals surface area contributed by atoms with Gasteiger partial charge < -0.3 is 16.0 Å². The van der Waals surface area contributed by atoms with Gasteiger partial charge in [-0.05, 0) is 37.2 Å². The number of nitrogens with one attached hydrogen (secondary N) is 3. The Labute approximate surface area is 138 Å². The average Bonchev–Trinajstić information content (AvgIpc) is 2.59. The van der Waals surface area contributed by atoms with Crippen LogP contribution in [0.25, 0.3) is 0 Å². The SMILES string of the molecule is Nc1c(C(=O)N[C@H]2CC[C@@H](c3ccccc3)CC2)[nH]c(=O)[nH]c1=O. The summed E-state index contributed by atoms with van der Waals surface area (Å²) in [7, 11) is 0. The fourth-order valence-electron chi connectivity index (χ4n) is 3.23. The molecule has 1 aliphatic carbocycles. The predicted octanol–water partition coefficient (Wildman–Crippen LogP) is 1.10. The largest absolute Gasteiger partial charge is 0.392 e. The molecule has 1 aromatic heterocycles. The molecule has 0 aliphatic heterocycles. The van der Waals surface area contributed by atoms with Gasteiger partial charge in [0.25, 0.3) is 11.5 Å². The molecular formula is C17H20N4O3. The lowest BCUT2D eigenvalue weighted by Crippen LogP contribution is -2.40. The van der Waals surface area contributed by atoms with Gasteiger partial charge in [0.2, 0.25) is 0 Å². The van der Waals surface area contributed by atoms with Crippen LogP contribution in [-0.2, 0) is 0 Å². The van der Waals surface area contributed by atoms with Gasteiger partial charge in [-0.15, -0.1) is 0 Å². The van der Waals surface area contributed by atoms with Crippen molar-refractivity contribution in [3.63, 3.8) is 0 Å². The van der Waals surface area contributed by atoms with Crippen molar-refractivity contribution in [3.8, 4) is 0 Å². The number of nitrogen functional groups attached to an aromatic ring is 1. The Morgan fingerprint density at radius 3 is 2.38 bits per heavy atom. The summed E-state index contributed by atoms with van der Waals surface area (Å²) in [6, 6.07) is 10.3. The standard InChI is InChI=1S/C17H20N4O3/c18-13-14(20-17(24)21-15(13)22)16(23)19-12-8-6-11(7-9-12)10-4-2-1-3-5-10/h1-5,11-12H,6-9,18H2,(H,19,23)(H2,20,21,22,24)/t11-,12+. The molecule has 3 rings (SSSR count). The van der Waals surface area contributed by atoms with Crippen LogP contribution in [0.5, 0.6) is 0 Å². The topological polar surface area (TPSA) is 121 Å². The van der Waals surface area contributed by atoms with Crippen molar-refractivity contribution in [3.05, 3.63) is 62.4 Å². The maximum Gasteiger partial charge on any atom is 0.326 e. The second kappa shape index (κ2) is 6.74. The minimum atomic E-state index is -0.753. The summed E-state index contributed by atoms with van der Waals surface area (Å²) in [5.74, 6) is -0.0114. The third-order valence-corrected chi connectivity index (χ3v) is 4.54. The number of hydrogen-bond acceptors (Lipinski definition) is 4. The summed E-state index contributed by atoms with van der Waals surface area (Å²) in [6.07, 6.45) is 3.66. The molecule has 2 aromatic rings. The summed E-state index contributed by atoms with van der Waals surface area (Å²) in [4.78, 5) is 39.3. The van der Waals surface area contributed by atoms with E-state index in [1.807, 2.05) is 23.2 Å². The number of nitrogens with two attached hydrogens (primary N) is 1. The van der Waals surface area contributed by atoms with Crippen LogP contribution in [0.4, 0.5) is 5.69 Å². The number of aromatic amines is 2. The van der Waals surface area contributed by atoms with Crippen molar-refractivity contribution >= 4 is 11.6 Å². The first-order chi connectivity index (χ1) is 11.5. The Bertz CT molecular complexity index is 833. The van der Waals surface area contributed by atoms with Crippen molar-refractivity contribution in [1.29, 1.82) is 0 Å². The highest BCUT2D eigenvalue weighted by Crippen LogP contribution is 2.32. The maximum absolute atomic E-state index is 12.3. The molecule has 1 heterocycles. The molecule has 0 bridgehead atoms. The number of amides is 1. The van der Waals surface area contributed by atoms with E-state index in [1.54, 1.807) is 0 Å². The predicted molar refractivity (Wildman–Crippen MR) is 91.0 cm³/mol. The second-order valence-corrected chi connectivity index (χ2v) is 6.13. The molecule has 0 spiro atoms. The van der Waals surface area contributed by atoms with Gasteiger partial charge in [-0.3, -0.25) is 14.6 Å². The number of hydrogen-bond donors (Lipinski definition) is 4. The van der Waals surface area contributed by atoms with Crippen LogP contribution in [0.2, 0.25) is 0 Å². The summed E-state index contributed by atoms with van der Waals surface area (Å²) < 4.78 is 0. The Morgan fingerprint density at radius 2 is 1.71 bits per heavy atom. The van der Waals surface area contributed by atoms with Crippen LogP contribution in [0, 0.1) is 0 Å². The number of benzene rings is 1. The van der Waals surface area contributed by atoms with Gasteiger partial charge in [0.15, 0.2) is 0 Å². The number of carbonyl (C=O) groups is 1. The Kier molecular flexibility index (Phi) is 4.50. The first kappa shape index (κ1) is 16.0. The second-order valence-electron chi connectivity index (χ2n) is 6.13. The minimum absolute atomic E-state index is 0.0136. The minimum Gasteiger partial charge on any atom is -0.392 e. The molecule has 7 heteroatoms. The zero-order valence-corrected chi connectivity index (χ0v) is 13.2. The van der Waals surface area contributed by atoms with Crippen molar-refractivity contribution in [2.75, 3.05) is 5.73 Å². The zero-order valence-electron chi connectivity index (χ0n) is 13.2. The molecule has 1 saturated carbocycles. The van der Waals surface area contributed by atoms with Gasteiger partial charge in [-0.25, -0.2) is 4.79 Å². The van der Waals surface area contributed by atoms with E-state index in [1.165, 1.54) is 5.56 Å². The third-order valence-electron chi connectivity index (χ3n) is 4.54. The fraction of sp³-hybridized carbons (Fsp3) is 0.353. The third kappa shape index (κ3) is 3.40. The zero-order chi connectivity index (χ0) is 17.1. The van der Waals surface area contributed by atoms with E-state index in [0.717, 1.165) is 25.7 Å². The van der Waals surface area contributed by atoms with E-state index in [9.17, 15) is 14.4 Å². The highest BCUT2D eigenvalue weighted by atomic mass is 16.2. The molecular weight excluding hydrogens is 308 g/mol. The van der Waals surface area contributed by atoms with E-state index in [0.29, 0.717) is 5.92 Å². The molecule has 24 heavy (non-hydrogen) atoms. The van der Waals surface area contributed by atoms with E-state index >= 15 is 0 Å². The van der Waals surface area contributed by atoms with Gasteiger partial charge in [-0.2, -0.15) is 0 Å². The highest BCUT2D eigenvalue weighted by Gasteiger charge is 2.25. The molecule has 0 atom stereocenters. The van der Waals surface area contributed by atoms with E-state index in [2.05, 4.69) is 22.4 Å². The fourth-order valence-corrected chi connectivity index (χ4v) is 3.23. The maximum atomic E-state index is 12.3. The van der Waals surface area contributed by atoms with Crippen molar-refractivity contribution in [1.82, 2.24) is 15.3 Å². The number of rotatable bonds is 3. The quantitative estimate of drug-likeness (QED) is 0.674. The van der Waals surface area contributed by atoms with E-state index in [4.69, 9.17) is 5.73 Å². The normalized spacial score (nSPS) is 20.5. The van der Waals surface area contributed by atoms with E-state index < -0.39 is 17.2 Å². The van der Waals surface area contributed by atoms with Gasteiger partial charge in [0, 0.05) is 6.04 Å². The first-order valence-electron chi connectivity index (χ1n) is 8.02. The van der Waals surface area contributed by atoms with Crippen molar-refractivity contribution < 1.29 is 4.79 Å². The lowest BCUT2D eigenvalue weighted by Gasteiger charge is -2.29. The van der Waals surface area contributed by atoms with Crippen LogP contribution in [0.15, 0.2) is 39.9 Å². The van der Waals surface area contributed by atoms with Gasteiger partial charge >= 0.3 is 5.69 Å². The van der Waals surface area contributed by atoms with Gasteiger partial charge in [0.05, 0.1) is 0 Å². The van der Waals surface area contributed by atoms with Crippen LogP contribution >= 0.6 is 0 Å². The van der Waals surface area contributed by atoms with Crippen LogP contribution in [0.1, 0.15) is 47.7 Å². The van der Waals surface area contributed by atoms with E-state index in [-0.39, 0.29) is 17.4 Å². The summed E-state index contributed by atoms with van der Waals surface area (Å²) in [6.45, 7) is 0. The summed E-state index contributed by atoms with van der Waals surface area (Å²) in [5, 5.41) is 2.86. The van der Waals surface area contributed by atoms with Crippen molar-refractivity contribution in [2.24, 2.45) is 0 Å². The van der Waals surface area contributed by atoms with Gasteiger partial charge in [0.1, 0.15) is 11.4 Å². The molecule has 0 radical (unpaired) electrons. The number of carbonyl (C=O) groups excluding carboxylic acids is 1. The smallest absolute Gasteiger partial charge is 0.326 e. The molecule has 126 valence electrons. The molecule has 1 aromatic carbocycles. The van der Waals surface area contributed by atoms with Crippen LogP contribution in [0.3, 0.4) is 0 Å². The molecule has 0 saturated heterocycles. The summed E-state index contributed by atoms with van der Waals surface area (Å²) >= 11 is 0. The van der Waals surface area contributed by atoms with Crippen LogP contribution < -0.4 is 22.3 Å². The Hall–Kier alpha value is -2.83. The molecule has 0 unspecified atom stereocenters. The number of anilines is 1. The molecule has 1 amide bonds. The first-order valence-corrected chi connectivity index (χ1v) is 8.02. The molecule has 1 aliphatic rings. The lowest BCUT2D eigenvalue weighted by molar-refractivity contribution is 0.0921. The van der Waals surface area contributed by atoms with Crippen molar-refractivity contribution in [2.45, 2.75) is 37.6 Å². The molecule has 7 nitrogen and oxygen atoms in total. The average molecular weight is 328 g/mol. The highest BCUT2D eigenvalue weighted by molar-refractivity contribution is 5.96. The van der Waals surface area contributed by atoms with Gasteiger partial charge in [-0.1, -0.05) is 30.3 Å². The number of aromatic nitrogens is 2. The molecule has 5 N–H and O–H groups in total. The Balaban J connectivity index is 1.63. The lowest BCUT2D eigenvalue weighted by atomic mass is 9.82. The summed E-state index contributed by atoms with van der Waals surface area (Å²) in [5.41, 5.74) is 4.96. The molecule has 1 fully saturated rings. The Morgan fingerprint density at radius 1 is 1.04 bits per heavy atom. The van der Waals surface area contributed by atoms with Crippen LogP contribution in [-0.4, -0.2) is 21.9 Å². The monoisotopic (exact) mass is 328 g/mol.